The molecule has 4 N–H and O–H groups in total. The molecular formula is C11H15N5O2. The first-order chi connectivity index (χ1) is 8.65. The van der Waals surface area contributed by atoms with Gasteiger partial charge in [-0.05, 0) is 13.0 Å². The Morgan fingerprint density at radius 2 is 2.44 bits per heavy atom. The fourth-order valence-electron chi connectivity index (χ4n) is 1.91. The zero-order valence-electron chi connectivity index (χ0n) is 10.0. The topological polar surface area (TPSA) is 100 Å². The fraction of sp³-hybridized carbons (Fsp3) is 0.364. The zero-order chi connectivity index (χ0) is 13.1. The smallest absolute Gasteiger partial charge is 0.256 e. The first-order valence-corrected chi connectivity index (χ1v) is 5.64. The molecule has 0 aromatic carbocycles. The third-order valence-corrected chi connectivity index (χ3v) is 2.97. The van der Waals surface area contributed by atoms with Crippen LogP contribution in [0.5, 0.6) is 0 Å². The van der Waals surface area contributed by atoms with Crippen molar-refractivity contribution in [1.29, 1.82) is 0 Å². The number of piperazine rings is 1. The summed E-state index contributed by atoms with van der Waals surface area (Å²) in [6, 6.07) is 1.10. The minimum absolute atomic E-state index is 0.147. The molecule has 2 amide bonds. The van der Waals surface area contributed by atoms with Crippen molar-refractivity contribution in [3.63, 3.8) is 0 Å². The number of hydrogen-bond donors (Lipinski definition) is 3. The summed E-state index contributed by atoms with van der Waals surface area (Å²) in [4.78, 5) is 29.3. The molecule has 0 radical (unpaired) electrons. The van der Waals surface area contributed by atoms with Crippen LogP contribution in [-0.4, -0.2) is 40.8 Å². The molecule has 0 spiro atoms. The van der Waals surface area contributed by atoms with Crippen molar-refractivity contribution < 1.29 is 9.59 Å². The molecule has 0 saturated carbocycles. The van der Waals surface area contributed by atoms with Crippen molar-refractivity contribution >= 4 is 17.5 Å². The van der Waals surface area contributed by atoms with Gasteiger partial charge in [-0.1, -0.05) is 0 Å². The van der Waals surface area contributed by atoms with Gasteiger partial charge in [-0.3, -0.25) is 20.4 Å². The zero-order valence-corrected chi connectivity index (χ0v) is 10.0. The van der Waals surface area contributed by atoms with Gasteiger partial charge in [-0.15, -0.1) is 0 Å². The average molecular weight is 249 g/mol. The first-order valence-electron chi connectivity index (χ1n) is 5.64. The van der Waals surface area contributed by atoms with E-state index in [4.69, 9.17) is 5.84 Å². The second kappa shape index (κ2) is 5.01. The van der Waals surface area contributed by atoms with Crippen molar-refractivity contribution in [3.05, 3.63) is 24.0 Å². The summed E-state index contributed by atoms with van der Waals surface area (Å²) >= 11 is 0. The van der Waals surface area contributed by atoms with E-state index in [0.717, 1.165) is 0 Å². The van der Waals surface area contributed by atoms with Crippen LogP contribution in [0.4, 0.5) is 5.69 Å². The molecule has 7 nitrogen and oxygen atoms in total. The number of pyridine rings is 1. The van der Waals surface area contributed by atoms with Crippen molar-refractivity contribution in [2.24, 2.45) is 5.84 Å². The lowest BCUT2D eigenvalue weighted by Gasteiger charge is -2.33. The number of aromatic nitrogens is 1. The van der Waals surface area contributed by atoms with Crippen LogP contribution >= 0.6 is 0 Å². The standard InChI is InChI=1S/C11H15N5O2/c1-7-10(17)14-4-5-16(7)11(18)8-2-3-13-6-9(8)15-12/h2-3,6-7,15H,4-5,12H2,1H3,(H,14,17). The second-order valence-corrected chi connectivity index (χ2v) is 4.03. The second-order valence-electron chi connectivity index (χ2n) is 4.03. The summed E-state index contributed by atoms with van der Waals surface area (Å²) < 4.78 is 0. The molecule has 7 heteroatoms. The number of nitrogens with two attached hydrogens (primary N) is 1. The van der Waals surface area contributed by atoms with E-state index in [-0.39, 0.29) is 11.8 Å². The predicted molar refractivity (Wildman–Crippen MR) is 65.6 cm³/mol. The molecule has 0 aliphatic carbocycles. The maximum atomic E-state index is 12.4. The van der Waals surface area contributed by atoms with Crippen LogP contribution in [0.2, 0.25) is 0 Å². The van der Waals surface area contributed by atoms with E-state index < -0.39 is 6.04 Å². The summed E-state index contributed by atoms with van der Waals surface area (Å²) in [7, 11) is 0. The average Bonchev–Trinajstić information content (AvgIpc) is 2.41. The van der Waals surface area contributed by atoms with Crippen LogP contribution in [0.3, 0.4) is 0 Å². The lowest BCUT2D eigenvalue weighted by Crippen LogP contribution is -2.55. The number of nitrogens with zero attached hydrogens (tertiary/aromatic N) is 2. The molecule has 0 bridgehead atoms. The van der Waals surface area contributed by atoms with E-state index in [1.54, 1.807) is 13.0 Å². The molecule has 1 aliphatic heterocycles. The van der Waals surface area contributed by atoms with Gasteiger partial charge < -0.3 is 15.6 Å². The highest BCUT2D eigenvalue weighted by atomic mass is 16.2. The van der Waals surface area contributed by atoms with Crippen LogP contribution in [0, 0.1) is 0 Å². The Hall–Kier alpha value is -2.15. The Labute approximate surface area is 104 Å². The number of carbonyl (C=O) groups is 2. The van der Waals surface area contributed by atoms with Gasteiger partial charge in [0.05, 0.1) is 17.4 Å². The number of anilines is 1. The van der Waals surface area contributed by atoms with Crippen LogP contribution in [0.25, 0.3) is 0 Å². The van der Waals surface area contributed by atoms with Crippen LogP contribution in [0.15, 0.2) is 18.5 Å². The van der Waals surface area contributed by atoms with Crippen LogP contribution < -0.4 is 16.6 Å². The predicted octanol–water partition coefficient (Wildman–Crippen LogP) is -0.672. The summed E-state index contributed by atoms with van der Waals surface area (Å²) in [5.41, 5.74) is 3.29. The summed E-state index contributed by atoms with van der Waals surface area (Å²) in [5.74, 6) is 4.96. The Kier molecular flexibility index (Phi) is 3.42. The number of hydrogen-bond acceptors (Lipinski definition) is 5. The molecule has 96 valence electrons. The molecule has 1 aromatic heterocycles. The van der Waals surface area contributed by atoms with Gasteiger partial charge in [0.25, 0.3) is 5.91 Å². The number of hydrazine groups is 1. The fourth-order valence-corrected chi connectivity index (χ4v) is 1.91. The first kappa shape index (κ1) is 12.3. The van der Waals surface area contributed by atoms with Crippen LogP contribution in [0.1, 0.15) is 17.3 Å². The van der Waals surface area contributed by atoms with Gasteiger partial charge in [0.1, 0.15) is 6.04 Å². The van der Waals surface area contributed by atoms with E-state index in [0.29, 0.717) is 24.3 Å². The number of nitrogen functional groups attached to an aromatic ring is 1. The van der Waals surface area contributed by atoms with E-state index in [1.165, 1.54) is 17.3 Å². The molecule has 2 heterocycles. The molecule has 1 aliphatic rings. The Bertz CT molecular complexity index is 476. The molecule has 2 rings (SSSR count). The lowest BCUT2D eigenvalue weighted by molar-refractivity contribution is -0.127. The molecule has 1 saturated heterocycles. The van der Waals surface area contributed by atoms with Crippen molar-refractivity contribution in [1.82, 2.24) is 15.2 Å². The van der Waals surface area contributed by atoms with E-state index in [9.17, 15) is 9.59 Å². The maximum Gasteiger partial charge on any atom is 0.256 e. The molecular weight excluding hydrogens is 234 g/mol. The van der Waals surface area contributed by atoms with E-state index in [2.05, 4.69) is 15.7 Å². The van der Waals surface area contributed by atoms with E-state index in [1.807, 2.05) is 0 Å². The summed E-state index contributed by atoms with van der Waals surface area (Å²) in [6.45, 7) is 2.65. The van der Waals surface area contributed by atoms with Crippen LogP contribution in [-0.2, 0) is 4.79 Å². The quantitative estimate of drug-likeness (QED) is 0.476. The Morgan fingerprint density at radius 3 is 3.17 bits per heavy atom. The van der Waals surface area contributed by atoms with Gasteiger partial charge in [0.15, 0.2) is 0 Å². The Morgan fingerprint density at radius 1 is 1.67 bits per heavy atom. The summed E-state index contributed by atoms with van der Waals surface area (Å²) in [5, 5.41) is 2.71. The maximum absolute atomic E-state index is 12.4. The molecule has 1 unspecified atom stereocenters. The molecule has 1 atom stereocenters. The van der Waals surface area contributed by atoms with Crippen molar-refractivity contribution in [3.8, 4) is 0 Å². The number of nitrogens with one attached hydrogen (secondary N) is 2. The highest BCUT2D eigenvalue weighted by Crippen LogP contribution is 2.17. The van der Waals surface area contributed by atoms with Gasteiger partial charge in [0.2, 0.25) is 5.91 Å². The molecule has 1 aromatic rings. The molecule has 1 fully saturated rings. The Balaban J connectivity index is 2.27. The van der Waals surface area contributed by atoms with Gasteiger partial charge in [0, 0.05) is 19.3 Å². The lowest BCUT2D eigenvalue weighted by atomic mass is 10.1. The SMILES string of the molecule is CC1C(=O)NCCN1C(=O)c1ccncc1NN. The van der Waals surface area contributed by atoms with Gasteiger partial charge in [-0.25, -0.2) is 0 Å². The highest BCUT2D eigenvalue weighted by molar-refractivity contribution is 6.01. The minimum Gasteiger partial charge on any atom is -0.353 e. The molecule has 18 heavy (non-hydrogen) atoms. The number of amides is 2. The number of rotatable bonds is 2. The monoisotopic (exact) mass is 249 g/mol. The normalized spacial score (nSPS) is 19.3. The summed E-state index contributed by atoms with van der Waals surface area (Å²) in [6.07, 6.45) is 2.99. The third kappa shape index (κ3) is 2.12. The van der Waals surface area contributed by atoms with Crippen molar-refractivity contribution in [2.75, 3.05) is 18.5 Å². The van der Waals surface area contributed by atoms with Gasteiger partial charge >= 0.3 is 0 Å². The largest absolute Gasteiger partial charge is 0.353 e. The minimum atomic E-state index is -0.481. The third-order valence-electron chi connectivity index (χ3n) is 2.97. The van der Waals surface area contributed by atoms with Gasteiger partial charge in [-0.2, -0.15) is 0 Å². The van der Waals surface area contributed by atoms with E-state index >= 15 is 0 Å². The number of carbonyl (C=O) groups excluding carboxylic acids is 2. The highest BCUT2D eigenvalue weighted by Gasteiger charge is 2.30. The van der Waals surface area contributed by atoms with Crippen molar-refractivity contribution in [2.45, 2.75) is 13.0 Å².